The fourth-order valence-electron chi connectivity index (χ4n) is 2.97. The minimum atomic E-state index is 0.657. The van der Waals surface area contributed by atoms with Crippen LogP contribution in [-0.4, -0.2) is 4.98 Å². The molecule has 92 valence electrons. The molecule has 1 heteroatoms. The molecule has 0 amide bonds. The van der Waals surface area contributed by atoms with Gasteiger partial charge in [-0.05, 0) is 49.3 Å². The first-order chi connectivity index (χ1) is 8.04. The molecule has 0 aliphatic heterocycles. The maximum Gasteiger partial charge on any atom is 0.0486 e. The molecule has 0 spiro atoms. The summed E-state index contributed by atoms with van der Waals surface area (Å²) >= 11 is 0. The summed E-state index contributed by atoms with van der Waals surface area (Å²) in [5.74, 6) is 1.35. The van der Waals surface area contributed by atoms with Crippen molar-refractivity contribution >= 4 is 10.9 Å². The van der Waals surface area contributed by atoms with Crippen LogP contribution in [0.4, 0.5) is 0 Å². The Labute approximate surface area is 104 Å². The second-order valence-corrected chi connectivity index (χ2v) is 5.51. The summed E-state index contributed by atoms with van der Waals surface area (Å²) in [6.45, 7) is 11.3. The highest BCUT2D eigenvalue weighted by atomic mass is 14.7. The molecule has 0 aliphatic rings. The first kappa shape index (κ1) is 12.2. The standard InChI is InChI=1S/C16H23N/c1-6-13(10(2)3)15-9-17-16-12(5)7-11(4)8-14(15)16/h7-10,13,17H,6H2,1-5H3. The van der Waals surface area contributed by atoms with Gasteiger partial charge in [-0.3, -0.25) is 0 Å². The summed E-state index contributed by atoms with van der Waals surface area (Å²) in [4.78, 5) is 3.45. The van der Waals surface area contributed by atoms with Crippen molar-refractivity contribution in [2.45, 2.75) is 47.0 Å². The van der Waals surface area contributed by atoms with Crippen molar-refractivity contribution in [1.82, 2.24) is 4.98 Å². The minimum absolute atomic E-state index is 0.657. The molecule has 0 radical (unpaired) electrons. The Morgan fingerprint density at radius 3 is 2.47 bits per heavy atom. The third-order valence-electron chi connectivity index (χ3n) is 3.81. The van der Waals surface area contributed by atoms with Crippen LogP contribution in [0.25, 0.3) is 10.9 Å². The van der Waals surface area contributed by atoms with Gasteiger partial charge >= 0.3 is 0 Å². The molecular formula is C16H23N. The van der Waals surface area contributed by atoms with Crippen molar-refractivity contribution in [3.05, 3.63) is 35.0 Å². The Balaban J connectivity index is 2.63. The number of benzene rings is 1. The van der Waals surface area contributed by atoms with E-state index in [1.165, 1.54) is 34.0 Å². The van der Waals surface area contributed by atoms with Gasteiger partial charge in [-0.1, -0.05) is 32.4 Å². The zero-order valence-electron chi connectivity index (χ0n) is 11.6. The Morgan fingerprint density at radius 2 is 1.88 bits per heavy atom. The van der Waals surface area contributed by atoms with Crippen molar-refractivity contribution in [2.24, 2.45) is 5.92 Å². The number of hydrogen-bond donors (Lipinski definition) is 1. The topological polar surface area (TPSA) is 15.8 Å². The molecule has 1 nitrogen and oxygen atoms in total. The van der Waals surface area contributed by atoms with Crippen LogP contribution in [0.15, 0.2) is 18.3 Å². The zero-order valence-corrected chi connectivity index (χ0v) is 11.6. The van der Waals surface area contributed by atoms with E-state index in [9.17, 15) is 0 Å². The van der Waals surface area contributed by atoms with Gasteiger partial charge in [-0.15, -0.1) is 0 Å². The number of aryl methyl sites for hydroxylation is 2. The molecule has 0 saturated heterocycles. The van der Waals surface area contributed by atoms with Gasteiger partial charge in [0.2, 0.25) is 0 Å². The van der Waals surface area contributed by atoms with E-state index in [1.807, 2.05) is 0 Å². The molecule has 2 rings (SSSR count). The van der Waals surface area contributed by atoms with Crippen LogP contribution in [0.2, 0.25) is 0 Å². The van der Waals surface area contributed by atoms with Crippen molar-refractivity contribution in [3.63, 3.8) is 0 Å². The zero-order chi connectivity index (χ0) is 12.6. The van der Waals surface area contributed by atoms with Gasteiger partial charge in [-0.2, -0.15) is 0 Å². The predicted octanol–water partition coefficient (Wildman–Crippen LogP) is 4.93. The van der Waals surface area contributed by atoms with Crippen LogP contribution in [0.3, 0.4) is 0 Å². The lowest BCUT2D eigenvalue weighted by Gasteiger charge is -2.18. The molecule has 1 heterocycles. The number of nitrogens with one attached hydrogen (secondary N) is 1. The van der Waals surface area contributed by atoms with Gasteiger partial charge in [0, 0.05) is 17.1 Å². The predicted molar refractivity (Wildman–Crippen MR) is 75.6 cm³/mol. The molecule has 1 unspecified atom stereocenters. The van der Waals surface area contributed by atoms with Crippen LogP contribution in [0.1, 0.15) is 49.8 Å². The lowest BCUT2D eigenvalue weighted by Crippen LogP contribution is -2.04. The lowest BCUT2D eigenvalue weighted by molar-refractivity contribution is 0.488. The molecule has 0 aliphatic carbocycles. The SMILES string of the molecule is CCC(c1c[nH]c2c(C)cc(C)cc12)C(C)C. The van der Waals surface area contributed by atoms with E-state index in [4.69, 9.17) is 0 Å². The number of H-pyrrole nitrogens is 1. The van der Waals surface area contributed by atoms with Crippen LogP contribution < -0.4 is 0 Å². The first-order valence-electron chi connectivity index (χ1n) is 6.62. The Bertz CT molecular complexity index is 520. The molecule has 17 heavy (non-hydrogen) atoms. The molecule has 1 N–H and O–H groups in total. The van der Waals surface area contributed by atoms with Crippen LogP contribution >= 0.6 is 0 Å². The van der Waals surface area contributed by atoms with Crippen LogP contribution in [0, 0.1) is 19.8 Å². The fourth-order valence-corrected chi connectivity index (χ4v) is 2.97. The summed E-state index contributed by atoms with van der Waals surface area (Å²) in [5, 5.41) is 1.42. The van der Waals surface area contributed by atoms with Gasteiger partial charge < -0.3 is 4.98 Å². The van der Waals surface area contributed by atoms with Gasteiger partial charge in [0.05, 0.1) is 0 Å². The Kier molecular flexibility index (Phi) is 3.28. The molecule has 0 bridgehead atoms. The van der Waals surface area contributed by atoms with E-state index >= 15 is 0 Å². The highest BCUT2D eigenvalue weighted by Crippen LogP contribution is 2.34. The molecule has 0 fully saturated rings. The van der Waals surface area contributed by atoms with Crippen LogP contribution in [-0.2, 0) is 0 Å². The van der Waals surface area contributed by atoms with E-state index in [0.717, 1.165) is 0 Å². The number of rotatable bonds is 3. The number of aromatic nitrogens is 1. The summed E-state index contributed by atoms with van der Waals surface area (Å²) in [7, 11) is 0. The van der Waals surface area contributed by atoms with Crippen molar-refractivity contribution in [2.75, 3.05) is 0 Å². The second kappa shape index (κ2) is 4.56. The number of aromatic amines is 1. The third-order valence-corrected chi connectivity index (χ3v) is 3.81. The van der Waals surface area contributed by atoms with Crippen LogP contribution in [0.5, 0.6) is 0 Å². The largest absolute Gasteiger partial charge is 0.361 e. The summed E-state index contributed by atoms with van der Waals surface area (Å²) in [6, 6.07) is 4.57. The van der Waals surface area contributed by atoms with Gasteiger partial charge in [0.25, 0.3) is 0 Å². The van der Waals surface area contributed by atoms with Gasteiger partial charge in [0.1, 0.15) is 0 Å². The molecule has 1 aromatic carbocycles. The molecule has 2 aromatic rings. The van der Waals surface area contributed by atoms with E-state index < -0.39 is 0 Å². The van der Waals surface area contributed by atoms with E-state index in [-0.39, 0.29) is 0 Å². The van der Waals surface area contributed by atoms with E-state index in [1.54, 1.807) is 0 Å². The van der Waals surface area contributed by atoms with E-state index in [0.29, 0.717) is 11.8 Å². The maximum absolute atomic E-state index is 3.45. The van der Waals surface area contributed by atoms with E-state index in [2.05, 4.69) is 57.9 Å². The summed E-state index contributed by atoms with van der Waals surface area (Å²) in [5.41, 5.74) is 5.51. The second-order valence-electron chi connectivity index (χ2n) is 5.51. The third kappa shape index (κ3) is 2.11. The first-order valence-corrected chi connectivity index (χ1v) is 6.62. The quantitative estimate of drug-likeness (QED) is 0.767. The summed E-state index contributed by atoms with van der Waals surface area (Å²) in [6.07, 6.45) is 3.42. The van der Waals surface area contributed by atoms with Crippen molar-refractivity contribution in [1.29, 1.82) is 0 Å². The molecular weight excluding hydrogens is 206 g/mol. The van der Waals surface area contributed by atoms with Crippen molar-refractivity contribution < 1.29 is 0 Å². The molecule has 0 saturated carbocycles. The van der Waals surface area contributed by atoms with Gasteiger partial charge in [-0.25, -0.2) is 0 Å². The Hall–Kier alpha value is -1.24. The average molecular weight is 229 g/mol. The molecule has 1 aromatic heterocycles. The highest BCUT2D eigenvalue weighted by Gasteiger charge is 2.18. The average Bonchev–Trinajstić information content (AvgIpc) is 2.63. The minimum Gasteiger partial charge on any atom is -0.361 e. The van der Waals surface area contributed by atoms with Crippen molar-refractivity contribution in [3.8, 4) is 0 Å². The fraction of sp³-hybridized carbons (Fsp3) is 0.500. The maximum atomic E-state index is 3.45. The number of fused-ring (bicyclic) bond motifs is 1. The highest BCUT2D eigenvalue weighted by molar-refractivity contribution is 5.87. The number of hydrogen-bond acceptors (Lipinski definition) is 0. The monoisotopic (exact) mass is 229 g/mol. The lowest BCUT2D eigenvalue weighted by atomic mass is 9.86. The smallest absolute Gasteiger partial charge is 0.0486 e. The summed E-state index contributed by atoms with van der Waals surface area (Å²) < 4.78 is 0. The normalized spacial score (nSPS) is 13.5. The Morgan fingerprint density at radius 1 is 1.18 bits per heavy atom. The molecule has 1 atom stereocenters. The van der Waals surface area contributed by atoms with Gasteiger partial charge in [0.15, 0.2) is 0 Å².